The van der Waals surface area contributed by atoms with Crippen LogP contribution in [0.1, 0.15) is 120 Å². The Morgan fingerprint density at radius 3 is 1.54 bits per heavy atom. The molecule has 0 saturated carbocycles. The SMILES string of the molecule is CN(CCCN=C(S)Nc1ccc(-c2c3ccc(=O)cc-3oc3cc(O)ccc23)c(C(=O)O)c1)CCCNC(=O)c1cc(NC(=O)c2cc(NC(=O)c3nc(NC(=O)c4nc(N=C(O)CCCNC(=O)c5cc(NC(=O)c6cc(NC(=O)c7nc(NC(=O)c8nccn8C)cn7C)cn6C)cn5C)cn4C)cn3C)cn2C)cn1C. The van der Waals surface area contributed by atoms with Gasteiger partial charge in [0.2, 0.25) is 17.5 Å². The predicted molar refractivity (Wildman–Crippen MR) is 431 cm³/mol. The number of nitrogens with one attached hydrogen (secondary N) is 9. The number of aromatic hydroxyl groups is 1. The number of aromatic nitrogens is 12. The van der Waals surface area contributed by atoms with Crippen molar-refractivity contribution in [3.63, 3.8) is 0 Å². The number of aromatic carboxylic acids is 1. The zero-order valence-electron chi connectivity index (χ0n) is 63.6. The Hall–Kier alpha value is -14.6. The molecule has 115 heavy (non-hydrogen) atoms. The molecule has 8 amide bonds. The Balaban J connectivity index is 0.542. The second kappa shape index (κ2) is 34.3. The van der Waals surface area contributed by atoms with E-state index in [2.05, 4.69) is 95.3 Å². The van der Waals surface area contributed by atoms with Gasteiger partial charge >= 0.3 is 5.97 Å². The van der Waals surface area contributed by atoms with Crippen LogP contribution in [-0.4, -0.2) is 181 Å². The van der Waals surface area contributed by atoms with Crippen LogP contribution in [0.3, 0.4) is 0 Å². The molecule has 2 aromatic carbocycles. The maximum Gasteiger partial charge on any atom is 0.336 e. The van der Waals surface area contributed by atoms with E-state index in [1.165, 1.54) is 118 Å². The second-order valence-corrected chi connectivity index (χ2v) is 27.4. The lowest BCUT2D eigenvalue weighted by atomic mass is 9.90. The summed E-state index contributed by atoms with van der Waals surface area (Å²) < 4.78 is 17.8. The van der Waals surface area contributed by atoms with Gasteiger partial charge in [-0.05, 0) is 106 Å². The first-order valence-electron chi connectivity index (χ1n) is 35.6. The van der Waals surface area contributed by atoms with E-state index in [4.69, 9.17) is 4.42 Å². The number of amidine groups is 1. The number of aliphatic hydroxyl groups excluding tert-OH is 1. The highest BCUT2D eigenvalue weighted by atomic mass is 32.1. The molecule has 9 heterocycles. The van der Waals surface area contributed by atoms with Crippen molar-refractivity contribution in [3.05, 3.63) is 196 Å². The van der Waals surface area contributed by atoms with E-state index in [0.717, 1.165) is 0 Å². The van der Waals surface area contributed by atoms with Gasteiger partial charge in [0.25, 0.3) is 47.3 Å². The van der Waals surface area contributed by atoms with Crippen LogP contribution in [0.5, 0.6) is 5.75 Å². The Kier molecular flexibility index (Phi) is 23.9. The van der Waals surface area contributed by atoms with Crippen molar-refractivity contribution in [1.29, 1.82) is 0 Å². The average molecular weight is 1590 g/mol. The summed E-state index contributed by atoms with van der Waals surface area (Å²) >= 11 is 4.51. The largest absolute Gasteiger partial charge is 0.508 e. The molecule has 0 bridgehead atoms. The summed E-state index contributed by atoms with van der Waals surface area (Å²) in [6.07, 6.45) is 15.2. The zero-order valence-corrected chi connectivity index (χ0v) is 64.4. The minimum Gasteiger partial charge on any atom is -0.508 e. The number of amides is 8. The van der Waals surface area contributed by atoms with Gasteiger partial charge in [-0.25, -0.2) is 24.7 Å². The number of nitrogens with zero attached hydrogens (tertiary/aromatic N) is 15. The Labute approximate surface area is 659 Å². The van der Waals surface area contributed by atoms with Crippen molar-refractivity contribution < 1.29 is 62.9 Å². The number of carbonyl (C=O) groups is 9. The molecule has 0 radical (unpaired) electrons. The van der Waals surface area contributed by atoms with Crippen LogP contribution in [-0.2, 0) is 56.4 Å². The van der Waals surface area contributed by atoms with Crippen LogP contribution in [0.15, 0.2) is 154 Å². The molecule has 39 heteroatoms. The first kappa shape index (κ1) is 79.9. The van der Waals surface area contributed by atoms with Gasteiger partial charge in [0, 0.05) is 166 Å². The van der Waals surface area contributed by atoms with E-state index >= 15 is 0 Å². The van der Waals surface area contributed by atoms with Crippen molar-refractivity contribution in [2.45, 2.75) is 25.7 Å². The van der Waals surface area contributed by atoms with E-state index in [1.54, 1.807) is 110 Å². The number of benzene rings is 3. The molecule has 1 aliphatic heterocycles. The first-order chi connectivity index (χ1) is 54.9. The lowest BCUT2D eigenvalue weighted by Gasteiger charge is -2.17. The van der Waals surface area contributed by atoms with Gasteiger partial charge in [-0.1, -0.05) is 6.07 Å². The number of fused-ring (bicyclic) bond motifs is 2. The number of carbonyl (C=O) groups excluding carboxylic acids is 8. The van der Waals surface area contributed by atoms with Gasteiger partial charge in [0.1, 0.15) is 39.9 Å². The summed E-state index contributed by atoms with van der Waals surface area (Å²) in [4.78, 5) is 159. The number of carboxylic acid groups (broad SMARTS) is 1. The molecule has 10 aromatic rings. The molecule has 38 nitrogen and oxygen atoms in total. The summed E-state index contributed by atoms with van der Waals surface area (Å²) in [5.74, 6) is -5.59. The third kappa shape index (κ3) is 18.9. The van der Waals surface area contributed by atoms with E-state index in [0.29, 0.717) is 89.5 Å². The lowest BCUT2D eigenvalue weighted by Crippen LogP contribution is -2.29. The van der Waals surface area contributed by atoms with Gasteiger partial charge in [-0.3, -0.25) is 48.1 Å². The fraction of sp³-hybridized carbons (Fsp3) is 0.237. The van der Waals surface area contributed by atoms with Gasteiger partial charge in [0.05, 0.1) is 34.5 Å². The van der Waals surface area contributed by atoms with Gasteiger partial charge in [-0.2, -0.15) is 4.99 Å². The molecule has 12 N–H and O–H groups in total. The highest BCUT2D eigenvalue weighted by Crippen LogP contribution is 2.43. The minimum absolute atomic E-state index is 0.00931. The number of imidazole rings is 4. The van der Waals surface area contributed by atoms with E-state index in [9.17, 15) is 63.3 Å². The molecule has 0 unspecified atom stereocenters. The fourth-order valence-electron chi connectivity index (χ4n) is 12.7. The van der Waals surface area contributed by atoms with Crippen LogP contribution < -0.4 is 53.3 Å². The molecule has 2 aliphatic rings. The molecule has 0 fully saturated rings. The number of carboxylic acids is 1. The number of aliphatic imine (C=N–C) groups is 2. The Morgan fingerprint density at radius 2 is 0.991 bits per heavy atom. The number of aliphatic hydroxyl groups is 1. The first-order valence-corrected chi connectivity index (χ1v) is 36.1. The predicted octanol–water partition coefficient (Wildman–Crippen LogP) is 7.41. The monoisotopic (exact) mass is 1580 g/mol. The van der Waals surface area contributed by atoms with E-state index < -0.39 is 47.3 Å². The number of anilines is 7. The number of hydrogen-bond donors (Lipinski definition) is 13. The van der Waals surface area contributed by atoms with Crippen molar-refractivity contribution in [2.24, 2.45) is 66.4 Å². The number of thiol groups is 1. The quantitative estimate of drug-likeness (QED) is 0.00685. The fourth-order valence-corrected chi connectivity index (χ4v) is 12.9. The van der Waals surface area contributed by atoms with Crippen LogP contribution in [0, 0.1) is 0 Å². The smallest absolute Gasteiger partial charge is 0.336 e. The number of aryl methyl sites for hydroxylation is 8. The second-order valence-electron chi connectivity index (χ2n) is 27.0. The standard InChI is InChI=1S/C76H80N24O14S/c1-92(25-12-22-80-76(115)85-41-14-17-48(51(27-41)75(112)113)62-49-18-15-46(101)32-56(49)114-57-33-47(102)16-19-50(57)62)24-11-21-79-68(105)53-29-43(35-95(53)4)82-70(107)55-31-45(37-97(55)6)84-73(110)65-89-60(40-100(65)9)91-74(111)66-87-58(38-98(66)7)86-61(103)13-10-20-78-67(104)52-28-42(34-94(52)3)81-69(106)54-30-44(36-96(54)5)83-72(109)64-88-59(39-99(64)8)90-71(108)63-77-23-26-93(63)2/h14-19,23,26-40,101H,10-13,20-22,24-25H2,1-9H3,(H,78,104)(H,79,105)(H,81,106)(H,82,107)(H,83,109)(H,84,110)(H,86,103)(H,90,108)(H,91,111)(H,112,113)(H2,80,85,115). The molecular formula is C76H80N24O14S. The average Bonchev–Trinajstić information content (AvgIpc) is 1.34. The van der Waals surface area contributed by atoms with E-state index in [1.807, 2.05) is 7.05 Å². The van der Waals surface area contributed by atoms with Crippen LogP contribution in [0.25, 0.3) is 33.4 Å². The lowest BCUT2D eigenvalue weighted by molar-refractivity contribution is 0.0695. The number of phenolic OH excluding ortho intramolecular Hbond substituents is 1. The van der Waals surface area contributed by atoms with Crippen molar-refractivity contribution in [1.82, 2.24) is 72.0 Å². The minimum atomic E-state index is -1.19. The third-order valence-corrected chi connectivity index (χ3v) is 18.5. The molecule has 12 rings (SSSR count). The van der Waals surface area contributed by atoms with Gasteiger partial charge in [0.15, 0.2) is 39.8 Å². The topological polar surface area (TPSA) is 472 Å². The van der Waals surface area contributed by atoms with Crippen molar-refractivity contribution in [2.75, 3.05) is 77.0 Å². The summed E-state index contributed by atoms with van der Waals surface area (Å²) in [5.41, 5.74) is 3.90. The third-order valence-electron chi connectivity index (χ3n) is 18.2. The number of phenols is 1. The molecule has 594 valence electrons. The molecule has 8 aromatic heterocycles. The van der Waals surface area contributed by atoms with Gasteiger partial charge < -0.3 is 109 Å². The maximum absolute atomic E-state index is 13.6. The zero-order chi connectivity index (χ0) is 82.2. The summed E-state index contributed by atoms with van der Waals surface area (Å²) in [6.45, 7) is 2.24. The highest BCUT2D eigenvalue weighted by Gasteiger charge is 2.27. The summed E-state index contributed by atoms with van der Waals surface area (Å²) in [6, 6.07) is 19.6. The Morgan fingerprint density at radius 1 is 0.496 bits per heavy atom. The van der Waals surface area contributed by atoms with Gasteiger partial charge in [-0.15, -0.1) is 12.6 Å². The number of rotatable bonds is 30. The molecular weight excluding hydrogens is 1510 g/mol. The maximum atomic E-state index is 13.6. The van der Waals surface area contributed by atoms with Crippen molar-refractivity contribution in [3.8, 4) is 28.2 Å². The molecule has 0 atom stereocenters. The number of hydrogen-bond acceptors (Lipinski definition) is 19. The van der Waals surface area contributed by atoms with Crippen LogP contribution >= 0.6 is 12.6 Å². The van der Waals surface area contributed by atoms with Crippen molar-refractivity contribution >= 4 is 134 Å². The highest BCUT2D eigenvalue weighted by molar-refractivity contribution is 7.97. The summed E-state index contributed by atoms with van der Waals surface area (Å²) in [7, 11) is 14.8. The summed E-state index contributed by atoms with van der Waals surface area (Å²) in [5, 5.41) is 57.1. The molecule has 0 saturated heterocycles. The van der Waals surface area contributed by atoms with Crippen LogP contribution in [0.2, 0.25) is 0 Å². The molecule has 0 spiro atoms. The normalized spacial score (nSPS) is 11.6. The van der Waals surface area contributed by atoms with Crippen LogP contribution in [0.4, 0.5) is 45.9 Å². The molecule has 1 aliphatic carbocycles. The van der Waals surface area contributed by atoms with E-state index in [-0.39, 0.29) is 128 Å². The Bertz CT molecular complexity index is 5920.